The zero-order chi connectivity index (χ0) is 9.80. The second kappa shape index (κ2) is 3.88. The molecule has 0 saturated heterocycles. The van der Waals surface area contributed by atoms with E-state index in [0.29, 0.717) is 11.1 Å². The lowest BCUT2D eigenvalue weighted by molar-refractivity contribution is 0.103. The van der Waals surface area contributed by atoms with Crippen LogP contribution in [-0.4, -0.2) is 5.78 Å². The van der Waals surface area contributed by atoms with Crippen LogP contribution in [0.5, 0.6) is 0 Å². The van der Waals surface area contributed by atoms with Crippen molar-refractivity contribution in [2.75, 3.05) is 0 Å². The molecule has 0 heterocycles. The summed E-state index contributed by atoms with van der Waals surface area (Å²) in [6.07, 6.45) is 0. The minimum absolute atomic E-state index is 0.0127. The average molecular weight is 180 g/mol. The van der Waals surface area contributed by atoms with Gasteiger partial charge in [-0.3, -0.25) is 4.79 Å². The van der Waals surface area contributed by atoms with Gasteiger partial charge < -0.3 is 0 Å². The Hall–Kier alpha value is -1.89. The van der Waals surface area contributed by atoms with E-state index in [-0.39, 0.29) is 5.78 Å². The molecule has 0 aliphatic heterocycles. The van der Waals surface area contributed by atoms with Crippen molar-refractivity contribution in [2.24, 2.45) is 0 Å². The first kappa shape index (κ1) is 8.70. The van der Waals surface area contributed by atoms with Crippen molar-refractivity contribution in [2.45, 2.75) is 0 Å². The Morgan fingerprint density at radius 3 is 2.21 bits per heavy atom. The van der Waals surface area contributed by atoms with Gasteiger partial charge >= 0.3 is 0 Å². The molecule has 1 heteroatoms. The van der Waals surface area contributed by atoms with Crippen LogP contribution in [0.15, 0.2) is 48.5 Å². The predicted octanol–water partition coefficient (Wildman–Crippen LogP) is 2.52. The van der Waals surface area contributed by atoms with E-state index >= 15 is 0 Å². The zero-order valence-corrected chi connectivity index (χ0v) is 7.53. The number of benzene rings is 2. The van der Waals surface area contributed by atoms with Gasteiger partial charge in [0.25, 0.3) is 0 Å². The maximum Gasteiger partial charge on any atom is 0.193 e. The van der Waals surface area contributed by atoms with E-state index in [9.17, 15) is 4.79 Å². The number of carbonyl (C=O) groups excluding carboxylic acids is 1. The second-order valence-electron chi connectivity index (χ2n) is 2.92. The SMILES string of the molecule is O=C(c1c[c]c[c]c1)c1ccccc1. The highest BCUT2D eigenvalue weighted by Crippen LogP contribution is 2.07. The van der Waals surface area contributed by atoms with Crippen molar-refractivity contribution in [3.05, 3.63) is 71.8 Å². The van der Waals surface area contributed by atoms with Crippen molar-refractivity contribution < 1.29 is 4.79 Å². The summed E-state index contributed by atoms with van der Waals surface area (Å²) in [6, 6.07) is 19.9. The molecule has 2 aromatic rings. The summed E-state index contributed by atoms with van der Waals surface area (Å²) in [6.45, 7) is 0. The topological polar surface area (TPSA) is 17.1 Å². The summed E-state index contributed by atoms with van der Waals surface area (Å²) >= 11 is 0. The van der Waals surface area contributed by atoms with E-state index in [2.05, 4.69) is 12.1 Å². The standard InChI is InChI=1S/C13H8O/c14-13(11-7-3-1-4-8-11)12-9-5-2-6-10-12/h1-4,7-10H. The molecule has 1 nitrogen and oxygen atoms in total. The van der Waals surface area contributed by atoms with Crippen LogP contribution in [0.1, 0.15) is 15.9 Å². The first-order valence-corrected chi connectivity index (χ1v) is 4.35. The Morgan fingerprint density at radius 2 is 1.57 bits per heavy atom. The zero-order valence-electron chi connectivity index (χ0n) is 7.53. The van der Waals surface area contributed by atoms with Crippen LogP contribution in [0.25, 0.3) is 0 Å². The molecule has 0 aliphatic rings. The molecule has 2 aromatic carbocycles. The number of ketones is 1. The van der Waals surface area contributed by atoms with Crippen molar-refractivity contribution in [3.8, 4) is 0 Å². The molecule has 2 rings (SSSR count). The molecule has 0 fully saturated rings. The van der Waals surface area contributed by atoms with E-state index in [1.807, 2.05) is 18.2 Å². The van der Waals surface area contributed by atoms with Crippen molar-refractivity contribution >= 4 is 5.78 Å². The van der Waals surface area contributed by atoms with Crippen LogP contribution in [-0.2, 0) is 0 Å². The van der Waals surface area contributed by atoms with E-state index in [1.54, 1.807) is 30.3 Å². The van der Waals surface area contributed by atoms with Crippen molar-refractivity contribution in [3.63, 3.8) is 0 Å². The second-order valence-corrected chi connectivity index (χ2v) is 2.92. The van der Waals surface area contributed by atoms with Gasteiger partial charge in [-0.15, -0.1) is 0 Å². The predicted molar refractivity (Wildman–Crippen MR) is 54.0 cm³/mol. The first-order valence-electron chi connectivity index (χ1n) is 4.35. The molecule has 0 aliphatic carbocycles. The summed E-state index contributed by atoms with van der Waals surface area (Å²) in [7, 11) is 0. The van der Waals surface area contributed by atoms with Crippen LogP contribution in [0.2, 0.25) is 0 Å². The van der Waals surface area contributed by atoms with Gasteiger partial charge in [0.1, 0.15) is 0 Å². The van der Waals surface area contributed by atoms with Gasteiger partial charge in [-0.25, -0.2) is 0 Å². The Balaban J connectivity index is 2.35. The van der Waals surface area contributed by atoms with Crippen LogP contribution >= 0.6 is 0 Å². The summed E-state index contributed by atoms with van der Waals surface area (Å²) in [5.41, 5.74) is 1.32. The fourth-order valence-corrected chi connectivity index (χ4v) is 1.24. The molecule has 0 bridgehead atoms. The Bertz CT molecular complexity index is 376. The Morgan fingerprint density at radius 1 is 0.929 bits per heavy atom. The van der Waals surface area contributed by atoms with Crippen LogP contribution in [0.3, 0.4) is 0 Å². The van der Waals surface area contributed by atoms with E-state index < -0.39 is 0 Å². The van der Waals surface area contributed by atoms with Gasteiger partial charge in [0, 0.05) is 11.1 Å². The van der Waals surface area contributed by atoms with Crippen LogP contribution < -0.4 is 0 Å². The lowest BCUT2D eigenvalue weighted by Crippen LogP contribution is -1.99. The summed E-state index contributed by atoms with van der Waals surface area (Å²) < 4.78 is 0. The van der Waals surface area contributed by atoms with Crippen molar-refractivity contribution in [1.29, 1.82) is 0 Å². The fourth-order valence-electron chi connectivity index (χ4n) is 1.24. The molecular weight excluding hydrogens is 172 g/mol. The minimum Gasteiger partial charge on any atom is -0.289 e. The number of rotatable bonds is 2. The molecule has 0 unspecified atom stereocenters. The maximum absolute atomic E-state index is 11.8. The van der Waals surface area contributed by atoms with E-state index in [1.165, 1.54) is 0 Å². The van der Waals surface area contributed by atoms with Gasteiger partial charge in [-0.1, -0.05) is 30.3 Å². The van der Waals surface area contributed by atoms with Crippen LogP contribution in [0.4, 0.5) is 0 Å². The molecular formula is C13H8O. The van der Waals surface area contributed by atoms with E-state index in [0.717, 1.165) is 0 Å². The summed E-state index contributed by atoms with van der Waals surface area (Å²) in [4.78, 5) is 11.8. The van der Waals surface area contributed by atoms with E-state index in [4.69, 9.17) is 0 Å². The Kier molecular flexibility index (Phi) is 2.41. The van der Waals surface area contributed by atoms with Gasteiger partial charge in [-0.05, 0) is 30.3 Å². The highest BCUT2D eigenvalue weighted by atomic mass is 16.1. The molecule has 66 valence electrons. The quantitative estimate of drug-likeness (QED) is 0.649. The highest BCUT2D eigenvalue weighted by molar-refractivity contribution is 6.08. The lowest BCUT2D eigenvalue weighted by atomic mass is 10.0. The third-order valence-electron chi connectivity index (χ3n) is 1.94. The normalized spacial score (nSPS) is 9.71. The maximum atomic E-state index is 11.8. The molecule has 0 amide bonds. The lowest BCUT2D eigenvalue weighted by Gasteiger charge is -1.98. The first-order chi connectivity index (χ1) is 6.88. The molecule has 14 heavy (non-hydrogen) atoms. The molecule has 2 radical (unpaired) electrons. The molecule has 0 N–H and O–H groups in total. The Labute approximate surface area is 83.0 Å². The van der Waals surface area contributed by atoms with Gasteiger partial charge in [-0.2, -0.15) is 0 Å². The summed E-state index contributed by atoms with van der Waals surface area (Å²) in [5, 5.41) is 0. The van der Waals surface area contributed by atoms with Crippen LogP contribution in [0, 0.1) is 12.1 Å². The smallest absolute Gasteiger partial charge is 0.193 e. The fraction of sp³-hybridized carbons (Fsp3) is 0. The number of hydrogen-bond acceptors (Lipinski definition) is 1. The third-order valence-corrected chi connectivity index (χ3v) is 1.94. The third kappa shape index (κ3) is 1.72. The number of hydrogen-bond donors (Lipinski definition) is 0. The molecule has 0 atom stereocenters. The highest BCUT2D eigenvalue weighted by Gasteiger charge is 2.06. The monoisotopic (exact) mass is 180 g/mol. The average Bonchev–Trinajstić information content (AvgIpc) is 2.30. The van der Waals surface area contributed by atoms with Gasteiger partial charge in [0.15, 0.2) is 5.78 Å². The molecule has 0 spiro atoms. The minimum atomic E-state index is 0.0127. The molecule has 0 saturated carbocycles. The largest absolute Gasteiger partial charge is 0.289 e. The van der Waals surface area contributed by atoms with Gasteiger partial charge in [0.05, 0.1) is 0 Å². The van der Waals surface area contributed by atoms with Gasteiger partial charge in [0.2, 0.25) is 0 Å². The summed E-state index contributed by atoms with van der Waals surface area (Å²) in [5.74, 6) is 0.0127. The van der Waals surface area contributed by atoms with Crippen molar-refractivity contribution in [1.82, 2.24) is 0 Å². The molecule has 0 aromatic heterocycles. The number of carbonyl (C=O) groups is 1.